The summed E-state index contributed by atoms with van der Waals surface area (Å²) in [5.41, 5.74) is 4.79. The van der Waals surface area contributed by atoms with Crippen LogP contribution in [0.2, 0.25) is 0 Å². The predicted molar refractivity (Wildman–Crippen MR) is 116 cm³/mol. The van der Waals surface area contributed by atoms with Gasteiger partial charge in [0.1, 0.15) is 11.9 Å². The van der Waals surface area contributed by atoms with Gasteiger partial charge in [-0.05, 0) is 71.7 Å². The number of fused-ring (bicyclic) bond motifs is 1. The van der Waals surface area contributed by atoms with Crippen LogP contribution in [0.5, 0.6) is 5.75 Å². The van der Waals surface area contributed by atoms with Gasteiger partial charge in [-0.3, -0.25) is 4.79 Å². The van der Waals surface area contributed by atoms with E-state index >= 15 is 0 Å². The first-order valence-corrected chi connectivity index (χ1v) is 10.6. The van der Waals surface area contributed by atoms with Crippen LogP contribution in [0.4, 0.5) is 0 Å². The summed E-state index contributed by atoms with van der Waals surface area (Å²) in [6.45, 7) is 1.73. The number of benzene rings is 2. The van der Waals surface area contributed by atoms with Gasteiger partial charge in [0.05, 0.1) is 12.3 Å². The molecule has 1 N–H and O–H groups in total. The second kappa shape index (κ2) is 8.55. The molecule has 2 atom stereocenters. The standard InChI is InChI=1S/C25H22O3S/c1-2-4-18(16-25(26)27)17-6-10-21(11-7-17)28-23-13-9-19-15-20(8-12-22(19)23)24-5-3-14-29-24/h3,5-8,10-12,14-15,18,23H,9,13,16H2,1H3,(H,26,27). The van der Waals surface area contributed by atoms with E-state index in [2.05, 4.69) is 47.6 Å². The summed E-state index contributed by atoms with van der Waals surface area (Å²) in [7, 11) is 0. The van der Waals surface area contributed by atoms with E-state index in [0.717, 1.165) is 24.2 Å². The molecule has 1 aliphatic carbocycles. The van der Waals surface area contributed by atoms with Gasteiger partial charge in [0.2, 0.25) is 0 Å². The SMILES string of the molecule is CC#CC(CC(=O)O)c1ccc(OC2CCc3cc(-c4cccs4)ccc32)cc1. The van der Waals surface area contributed by atoms with E-state index in [9.17, 15) is 4.79 Å². The molecule has 0 saturated carbocycles. The molecule has 1 aromatic heterocycles. The van der Waals surface area contributed by atoms with Crippen LogP contribution in [-0.2, 0) is 11.2 Å². The maximum absolute atomic E-state index is 11.1. The van der Waals surface area contributed by atoms with Crippen LogP contribution in [0.3, 0.4) is 0 Å². The van der Waals surface area contributed by atoms with Crippen LogP contribution >= 0.6 is 11.3 Å². The lowest BCUT2D eigenvalue weighted by Gasteiger charge is -2.16. The van der Waals surface area contributed by atoms with E-state index in [0.29, 0.717) is 0 Å². The molecule has 4 rings (SSSR count). The molecule has 0 saturated heterocycles. The Bertz CT molecular complexity index is 1060. The molecule has 1 aliphatic rings. The zero-order chi connectivity index (χ0) is 20.2. The van der Waals surface area contributed by atoms with Crippen molar-refractivity contribution in [3.8, 4) is 28.0 Å². The van der Waals surface area contributed by atoms with Gasteiger partial charge in [0, 0.05) is 4.88 Å². The maximum Gasteiger partial charge on any atom is 0.304 e. The van der Waals surface area contributed by atoms with E-state index in [4.69, 9.17) is 9.84 Å². The third kappa shape index (κ3) is 4.36. The zero-order valence-corrected chi connectivity index (χ0v) is 17.0. The normalized spacial score (nSPS) is 15.8. The van der Waals surface area contributed by atoms with Crippen molar-refractivity contribution in [3.63, 3.8) is 0 Å². The summed E-state index contributed by atoms with van der Waals surface area (Å²) >= 11 is 1.76. The summed E-state index contributed by atoms with van der Waals surface area (Å²) in [6.07, 6.45) is 2.04. The number of hydrogen-bond donors (Lipinski definition) is 1. The molecule has 2 unspecified atom stereocenters. The monoisotopic (exact) mass is 402 g/mol. The Morgan fingerprint density at radius 3 is 2.76 bits per heavy atom. The number of aliphatic carboxylic acids is 1. The number of rotatable bonds is 6. The number of aryl methyl sites for hydroxylation is 1. The summed E-state index contributed by atoms with van der Waals surface area (Å²) in [5, 5.41) is 11.2. The Labute approximate surface area is 175 Å². The third-order valence-corrected chi connectivity index (χ3v) is 6.15. The molecule has 3 nitrogen and oxygen atoms in total. The minimum absolute atomic E-state index is 0.00359. The fourth-order valence-electron chi connectivity index (χ4n) is 3.84. The van der Waals surface area contributed by atoms with E-state index < -0.39 is 5.97 Å². The molecule has 0 amide bonds. The van der Waals surface area contributed by atoms with Crippen molar-refractivity contribution in [2.75, 3.05) is 0 Å². The van der Waals surface area contributed by atoms with E-state index in [1.54, 1.807) is 18.3 Å². The topological polar surface area (TPSA) is 46.5 Å². The van der Waals surface area contributed by atoms with Crippen molar-refractivity contribution in [2.45, 2.75) is 38.2 Å². The Balaban J connectivity index is 1.48. The first kappa shape index (κ1) is 19.3. The molecule has 0 bridgehead atoms. The summed E-state index contributed by atoms with van der Waals surface area (Å²) in [6, 6.07) is 18.6. The van der Waals surface area contributed by atoms with Crippen LogP contribution in [0.25, 0.3) is 10.4 Å². The number of hydrogen-bond acceptors (Lipinski definition) is 3. The lowest BCUT2D eigenvalue weighted by atomic mass is 9.96. The minimum Gasteiger partial charge on any atom is -0.486 e. The fourth-order valence-corrected chi connectivity index (χ4v) is 4.56. The van der Waals surface area contributed by atoms with Gasteiger partial charge in [-0.15, -0.1) is 17.3 Å². The molecule has 3 aromatic rings. The molecule has 2 aromatic carbocycles. The van der Waals surface area contributed by atoms with Crippen LogP contribution in [0, 0.1) is 11.8 Å². The molecule has 1 heterocycles. The second-order valence-electron chi connectivity index (χ2n) is 7.15. The highest BCUT2D eigenvalue weighted by atomic mass is 32.1. The van der Waals surface area contributed by atoms with Crippen molar-refractivity contribution < 1.29 is 14.6 Å². The van der Waals surface area contributed by atoms with Gasteiger partial charge in [-0.2, -0.15) is 0 Å². The molecule has 0 fully saturated rings. The highest BCUT2D eigenvalue weighted by molar-refractivity contribution is 7.13. The molecular weight excluding hydrogens is 380 g/mol. The van der Waals surface area contributed by atoms with E-state index in [1.807, 2.05) is 24.3 Å². The number of carboxylic acids is 1. The van der Waals surface area contributed by atoms with Crippen LogP contribution in [0.1, 0.15) is 48.5 Å². The quantitative estimate of drug-likeness (QED) is 0.510. The highest BCUT2D eigenvalue weighted by Crippen LogP contribution is 2.38. The lowest BCUT2D eigenvalue weighted by molar-refractivity contribution is -0.137. The average molecular weight is 403 g/mol. The third-order valence-electron chi connectivity index (χ3n) is 5.23. The molecule has 146 valence electrons. The number of carboxylic acid groups (broad SMARTS) is 1. The van der Waals surface area contributed by atoms with Gasteiger partial charge in [0.25, 0.3) is 0 Å². The Morgan fingerprint density at radius 2 is 2.07 bits per heavy atom. The van der Waals surface area contributed by atoms with E-state index in [1.165, 1.54) is 21.6 Å². The van der Waals surface area contributed by atoms with Crippen molar-refractivity contribution in [1.82, 2.24) is 0 Å². The van der Waals surface area contributed by atoms with Crippen molar-refractivity contribution in [1.29, 1.82) is 0 Å². The van der Waals surface area contributed by atoms with Crippen molar-refractivity contribution >= 4 is 17.3 Å². The molecule has 0 aliphatic heterocycles. The Morgan fingerprint density at radius 1 is 1.24 bits per heavy atom. The predicted octanol–water partition coefficient (Wildman–Crippen LogP) is 6.06. The minimum atomic E-state index is -0.845. The molecular formula is C25H22O3S. The smallest absolute Gasteiger partial charge is 0.304 e. The zero-order valence-electron chi connectivity index (χ0n) is 16.2. The first-order valence-electron chi connectivity index (χ1n) is 9.71. The second-order valence-corrected chi connectivity index (χ2v) is 8.10. The lowest BCUT2D eigenvalue weighted by Crippen LogP contribution is -2.06. The summed E-state index contributed by atoms with van der Waals surface area (Å²) in [5.74, 6) is 5.47. The number of carbonyl (C=O) groups is 1. The number of ether oxygens (including phenoxy) is 1. The maximum atomic E-state index is 11.1. The first-order chi connectivity index (χ1) is 14.1. The van der Waals surface area contributed by atoms with Gasteiger partial charge in [0.15, 0.2) is 0 Å². The fraction of sp³-hybridized carbons (Fsp3) is 0.240. The summed E-state index contributed by atoms with van der Waals surface area (Å²) in [4.78, 5) is 12.4. The average Bonchev–Trinajstić information content (AvgIpc) is 3.38. The number of thiophene rings is 1. The molecule has 29 heavy (non-hydrogen) atoms. The van der Waals surface area contributed by atoms with Gasteiger partial charge < -0.3 is 9.84 Å². The van der Waals surface area contributed by atoms with Crippen molar-refractivity contribution in [3.05, 3.63) is 76.7 Å². The van der Waals surface area contributed by atoms with Crippen LogP contribution in [-0.4, -0.2) is 11.1 Å². The largest absolute Gasteiger partial charge is 0.486 e. The molecule has 4 heteroatoms. The summed E-state index contributed by atoms with van der Waals surface area (Å²) < 4.78 is 6.26. The van der Waals surface area contributed by atoms with Gasteiger partial charge >= 0.3 is 5.97 Å². The van der Waals surface area contributed by atoms with Gasteiger partial charge in [-0.25, -0.2) is 0 Å². The highest BCUT2D eigenvalue weighted by Gasteiger charge is 2.24. The van der Waals surface area contributed by atoms with Crippen molar-refractivity contribution in [2.24, 2.45) is 0 Å². The van der Waals surface area contributed by atoms with Crippen LogP contribution in [0.15, 0.2) is 60.0 Å². The molecule has 0 radical (unpaired) electrons. The van der Waals surface area contributed by atoms with E-state index in [-0.39, 0.29) is 18.4 Å². The van der Waals surface area contributed by atoms with Gasteiger partial charge in [-0.1, -0.05) is 36.3 Å². The Kier molecular flexibility index (Phi) is 5.69. The Hall–Kier alpha value is -3.03. The molecule has 0 spiro atoms. The van der Waals surface area contributed by atoms with Crippen LogP contribution < -0.4 is 4.74 Å².